The second kappa shape index (κ2) is 4.83. The van der Waals surface area contributed by atoms with E-state index in [9.17, 15) is 4.79 Å². The predicted octanol–water partition coefficient (Wildman–Crippen LogP) is 0.958. The highest BCUT2D eigenvalue weighted by atomic mass is 16.5. The Labute approximate surface area is 121 Å². The maximum Gasteiger partial charge on any atom is 0.292 e. The van der Waals surface area contributed by atoms with Crippen molar-refractivity contribution in [2.45, 2.75) is 24.9 Å². The number of hydrogen-bond donors (Lipinski definition) is 0. The van der Waals surface area contributed by atoms with Crippen LogP contribution in [0.2, 0.25) is 0 Å². The van der Waals surface area contributed by atoms with Crippen LogP contribution in [-0.2, 0) is 0 Å². The molecule has 0 radical (unpaired) electrons. The molecule has 0 aromatic carbocycles. The first-order valence-corrected chi connectivity index (χ1v) is 7.10. The lowest BCUT2D eigenvalue weighted by molar-refractivity contribution is 0.0695. The Morgan fingerprint density at radius 3 is 2.71 bits per heavy atom. The quantitative estimate of drug-likeness (QED) is 0.818. The molecule has 2 atom stereocenters. The van der Waals surface area contributed by atoms with E-state index >= 15 is 0 Å². The number of carbonyl (C=O) groups excluding carboxylic acids is 1. The van der Waals surface area contributed by atoms with E-state index in [1.807, 2.05) is 11.0 Å². The molecule has 21 heavy (non-hydrogen) atoms. The lowest BCUT2D eigenvalue weighted by Gasteiger charge is -2.24. The van der Waals surface area contributed by atoms with Crippen LogP contribution in [0.1, 0.15) is 23.4 Å². The van der Waals surface area contributed by atoms with E-state index in [-0.39, 0.29) is 11.9 Å². The molecule has 7 heteroatoms. The van der Waals surface area contributed by atoms with Gasteiger partial charge in [0.1, 0.15) is 0 Å². The lowest BCUT2D eigenvalue weighted by Crippen LogP contribution is -2.40. The van der Waals surface area contributed by atoms with Crippen LogP contribution in [0.15, 0.2) is 35.2 Å². The summed E-state index contributed by atoms with van der Waals surface area (Å²) in [6.07, 6.45) is 6.87. The van der Waals surface area contributed by atoms with Crippen LogP contribution in [-0.4, -0.2) is 51.1 Å². The summed E-state index contributed by atoms with van der Waals surface area (Å²) in [6.45, 7) is 1.61. The van der Waals surface area contributed by atoms with Crippen LogP contribution in [0.4, 0.5) is 5.95 Å². The van der Waals surface area contributed by atoms with Gasteiger partial charge in [-0.15, -0.1) is 0 Å². The van der Waals surface area contributed by atoms with Gasteiger partial charge in [0.2, 0.25) is 11.7 Å². The molecule has 0 spiro atoms. The van der Waals surface area contributed by atoms with Crippen molar-refractivity contribution in [3.8, 4) is 0 Å². The van der Waals surface area contributed by atoms with Crippen molar-refractivity contribution >= 4 is 11.9 Å². The van der Waals surface area contributed by atoms with Gasteiger partial charge in [0, 0.05) is 31.5 Å². The zero-order valence-corrected chi connectivity index (χ0v) is 11.4. The van der Waals surface area contributed by atoms with Crippen LogP contribution < -0.4 is 4.90 Å². The molecule has 2 aliphatic heterocycles. The first-order valence-electron chi connectivity index (χ1n) is 7.10. The first-order chi connectivity index (χ1) is 10.3. The fourth-order valence-electron chi connectivity index (χ4n) is 3.39. The van der Waals surface area contributed by atoms with Gasteiger partial charge in [0.25, 0.3) is 5.91 Å². The maximum absolute atomic E-state index is 12.4. The SMILES string of the molecule is O=C(c1ccno1)N1CC[C@H]2[C@H]1CCN2c1ncccn1. The van der Waals surface area contributed by atoms with Crippen molar-refractivity contribution in [1.29, 1.82) is 0 Å². The second-order valence-corrected chi connectivity index (χ2v) is 5.33. The van der Waals surface area contributed by atoms with Crippen LogP contribution >= 0.6 is 0 Å². The fraction of sp³-hybridized carbons (Fsp3) is 0.429. The van der Waals surface area contributed by atoms with Crippen molar-refractivity contribution < 1.29 is 9.32 Å². The largest absolute Gasteiger partial charge is 0.351 e. The second-order valence-electron chi connectivity index (χ2n) is 5.33. The maximum atomic E-state index is 12.4. The molecule has 2 fully saturated rings. The third-order valence-electron chi connectivity index (χ3n) is 4.29. The molecule has 2 aromatic heterocycles. The Bertz CT molecular complexity index is 630. The predicted molar refractivity (Wildman–Crippen MR) is 73.7 cm³/mol. The average Bonchev–Trinajstić information content (AvgIpc) is 3.24. The van der Waals surface area contributed by atoms with Gasteiger partial charge in [0.05, 0.1) is 18.3 Å². The number of rotatable bonds is 2. The van der Waals surface area contributed by atoms with Gasteiger partial charge >= 0.3 is 0 Å². The summed E-state index contributed by atoms with van der Waals surface area (Å²) >= 11 is 0. The van der Waals surface area contributed by atoms with Crippen LogP contribution in [0.3, 0.4) is 0 Å². The third-order valence-corrected chi connectivity index (χ3v) is 4.29. The van der Waals surface area contributed by atoms with Crippen molar-refractivity contribution in [1.82, 2.24) is 20.0 Å². The van der Waals surface area contributed by atoms with E-state index in [4.69, 9.17) is 4.52 Å². The highest BCUT2D eigenvalue weighted by Crippen LogP contribution is 2.34. The van der Waals surface area contributed by atoms with Crippen LogP contribution in [0, 0.1) is 0 Å². The fourth-order valence-corrected chi connectivity index (χ4v) is 3.39. The molecule has 7 nitrogen and oxygen atoms in total. The smallest absolute Gasteiger partial charge is 0.292 e. The molecule has 0 bridgehead atoms. The molecule has 0 unspecified atom stereocenters. The van der Waals surface area contributed by atoms with E-state index in [1.165, 1.54) is 6.20 Å². The molecule has 4 rings (SSSR count). The number of hydrogen-bond acceptors (Lipinski definition) is 6. The summed E-state index contributed by atoms with van der Waals surface area (Å²) in [5.41, 5.74) is 0. The Morgan fingerprint density at radius 1 is 1.14 bits per heavy atom. The van der Waals surface area contributed by atoms with Gasteiger partial charge in [-0.25, -0.2) is 9.97 Å². The standard InChI is InChI=1S/C14H15N5O2/c20-13(12-2-7-17-21-12)18-8-3-11-10(18)4-9-19(11)14-15-5-1-6-16-14/h1-2,5-7,10-11H,3-4,8-9H2/t10-,11+/m1/s1. The molecule has 1 amide bonds. The minimum Gasteiger partial charge on any atom is -0.351 e. The van der Waals surface area contributed by atoms with E-state index in [2.05, 4.69) is 20.0 Å². The normalized spacial score (nSPS) is 24.4. The molecule has 0 saturated carbocycles. The topological polar surface area (TPSA) is 75.4 Å². The highest BCUT2D eigenvalue weighted by molar-refractivity contribution is 5.91. The van der Waals surface area contributed by atoms with Gasteiger partial charge in [-0.1, -0.05) is 5.16 Å². The Hall–Kier alpha value is -2.44. The first kappa shape index (κ1) is 12.3. The molecular formula is C14H15N5O2. The summed E-state index contributed by atoms with van der Waals surface area (Å²) in [4.78, 5) is 25.2. The molecule has 4 heterocycles. The molecule has 0 aliphatic carbocycles. The summed E-state index contributed by atoms with van der Waals surface area (Å²) in [5, 5.41) is 3.61. The number of carbonyl (C=O) groups is 1. The van der Waals surface area contributed by atoms with Crippen molar-refractivity contribution in [2.24, 2.45) is 0 Å². The Balaban J connectivity index is 1.55. The van der Waals surface area contributed by atoms with Crippen LogP contribution in [0.25, 0.3) is 0 Å². The number of aromatic nitrogens is 3. The van der Waals surface area contributed by atoms with Crippen molar-refractivity contribution in [2.75, 3.05) is 18.0 Å². The zero-order valence-electron chi connectivity index (χ0n) is 11.4. The van der Waals surface area contributed by atoms with Crippen LogP contribution in [0.5, 0.6) is 0 Å². The summed E-state index contributed by atoms with van der Waals surface area (Å²) in [5.74, 6) is 0.986. The summed E-state index contributed by atoms with van der Waals surface area (Å²) < 4.78 is 4.99. The molecule has 0 N–H and O–H groups in total. The number of likely N-dealkylation sites (tertiary alicyclic amines) is 1. The number of fused-ring (bicyclic) bond motifs is 1. The minimum absolute atomic E-state index is 0.0733. The summed E-state index contributed by atoms with van der Waals surface area (Å²) in [7, 11) is 0. The van der Waals surface area contributed by atoms with Gasteiger partial charge in [-0.3, -0.25) is 4.79 Å². The van der Waals surface area contributed by atoms with Gasteiger partial charge in [-0.05, 0) is 18.9 Å². The Morgan fingerprint density at radius 2 is 1.95 bits per heavy atom. The number of anilines is 1. The number of amides is 1. The van der Waals surface area contributed by atoms with E-state index in [0.29, 0.717) is 11.8 Å². The third kappa shape index (κ3) is 1.96. The van der Waals surface area contributed by atoms with Gasteiger partial charge < -0.3 is 14.3 Å². The van der Waals surface area contributed by atoms with E-state index < -0.39 is 0 Å². The van der Waals surface area contributed by atoms with Crippen molar-refractivity contribution in [3.63, 3.8) is 0 Å². The van der Waals surface area contributed by atoms with E-state index in [1.54, 1.807) is 18.5 Å². The molecule has 2 saturated heterocycles. The molecular weight excluding hydrogens is 270 g/mol. The summed E-state index contributed by atoms with van der Waals surface area (Å²) in [6, 6.07) is 3.92. The minimum atomic E-state index is -0.0733. The lowest BCUT2D eigenvalue weighted by atomic mass is 10.1. The molecule has 2 aromatic rings. The Kier molecular flexibility index (Phi) is 2.83. The number of nitrogens with zero attached hydrogens (tertiary/aromatic N) is 5. The average molecular weight is 285 g/mol. The van der Waals surface area contributed by atoms with Crippen molar-refractivity contribution in [3.05, 3.63) is 36.5 Å². The monoisotopic (exact) mass is 285 g/mol. The molecule has 2 aliphatic rings. The van der Waals surface area contributed by atoms with E-state index in [0.717, 1.165) is 31.9 Å². The highest BCUT2D eigenvalue weighted by Gasteiger charge is 2.45. The molecule has 108 valence electrons. The zero-order chi connectivity index (χ0) is 14.2. The van der Waals surface area contributed by atoms with Gasteiger partial charge in [-0.2, -0.15) is 0 Å². The van der Waals surface area contributed by atoms with Gasteiger partial charge in [0.15, 0.2) is 0 Å².